The minimum atomic E-state index is -0.632. The predicted octanol–water partition coefficient (Wildman–Crippen LogP) is 4.28. The van der Waals surface area contributed by atoms with Gasteiger partial charge in [0.15, 0.2) is 5.69 Å². The molecule has 0 radical (unpaired) electrons. The van der Waals surface area contributed by atoms with Crippen LogP contribution in [0.3, 0.4) is 0 Å². The third-order valence-corrected chi connectivity index (χ3v) is 6.83. The number of nitrogens with one attached hydrogen (secondary N) is 1. The van der Waals surface area contributed by atoms with E-state index in [1.807, 2.05) is 37.2 Å². The Hall–Kier alpha value is -4.08. The molecule has 38 heavy (non-hydrogen) atoms. The van der Waals surface area contributed by atoms with Crippen molar-refractivity contribution in [3.05, 3.63) is 93.6 Å². The summed E-state index contributed by atoms with van der Waals surface area (Å²) in [6.07, 6.45) is 3.43. The highest BCUT2D eigenvalue weighted by atomic mass is 35.5. The number of fused-ring (bicyclic) bond motifs is 3. The lowest BCUT2D eigenvalue weighted by Crippen LogP contribution is -2.17. The van der Waals surface area contributed by atoms with Gasteiger partial charge in [0, 0.05) is 41.7 Å². The van der Waals surface area contributed by atoms with Crippen LogP contribution in [0.4, 0.5) is 10.1 Å². The molecule has 0 saturated carbocycles. The number of carbonyl (C=O) groups is 2. The molecule has 1 aliphatic rings. The Labute approximate surface area is 224 Å². The van der Waals surface area contributed by atoms with Crippen LogP contribution in [0.1, 0.15) is 37.7 Å². The van der Waals surface area contributed by atoms with Crippen LogP contribution in [0.15, 0.2) is 54.7 Å². The maximum atomic E-state index is 13.6. The van der Waals surface area contributed by atoms with Gasteiger partial charge in [-0.15, -0.1) is 0 Å². The van der Waals surface area contributed by atoms with Crippen LogP contribution in [0.2, 0.25) is 5.02 Å². The van der Waals surface area contributed by atoms with Gasteiger partial charge in [-0.3, -0.25) is 14.6 Å². The maximum Gasteiger partial charge on any atom is 0.269 e. The van der Waals surface area contributed by atoms with Crippen molar-refractivity contribution in [1.82, 2.24) is 19.7 Å². The van der Waals surface area contributed by atoms with Gasteiger partial charge < -0.3 is 16.0 Å². The van der Waals surface area contributed by atoms with Crippen LogP contribution in [0, 0.1) is 5.82 Å². The summed E-state index contributed by atoms with van der Waals surface area (Å²) >= 11 is 6.32. The van der Waals surface area contributed by atoms with Crippen LogP contribution in [-0.4, -0.2) is 52.1 Å². The Morgan fingerprint density at radius 2 is 1.89 bits per heavy atom. The van der Waals surface area contributed by atoms with Crippen molar-refractivity contribution in [3.63, 3.8) is 0 Å². The third-order valence-electron chi connectivity index (χ3n) is 6.53. The molecule has 0 bridgehead atoms. The van der Waals surface area contributed by atoms with E-state index in [0.29, 0.717) is 41.9 Å². The number of likely N-dealkylation sites (N-methyl/N-ethyl adjacent to an activating group) is 1. The lowest BCUT2D eigenvalue weighted by atomic mass is 9.88. The lowest BCUT2D eigenvalue weighted by Gasteiger charge is -2.20. The van der Waals surface area contributed by atoms with Crippen molar-refractivity contribution in [2.75, 3.05) is 26.0 Å². The number of anilines is 1. The number of carbonyl (C=O) groups excluding carboxylic acids is 2. The van der Waals surface area contributed by atoms with E-state index in [0.717, 1.165) is 28.9 Å². The van der Waals surface area contributed by atoms with Gasteiger partial charge in [-0.1, -0.05) is 17.7 Å². The molecule has 2 amide bonds. The smallest absolute Gasteiger partial charge is 0.269 e. The number of rotatable bonds is 7. The SMILES string of the molecule is CN(C)CCc1cc(C(=O)Nc2ccc3c(c2)-c2c(c(C(N)=O)nn2-c2ccc(F)cc2)CC3)c(Cl)cn1. The normalized spacial score (nSPS) is 12.2. The Bertz CT molecular complexity index is 1550. The van der Waals surface area contributed by atoms with E-state index < -0.39 is 5.91 Å². The molecule has 8 nitrogen and oxygen atoms in total. The average Bonchev–Trinajstić information content (AvgIpc) is 3.29. The first-order valence-electron chi connectivity index (χ1n) is 12.1. The van der Waals surface area contributed by atoms with E-state index >= 15 is 0 Å². The summed E-state index contributed by atoms with van der Waals surface area (Å²) in [7, 11) is 3.94. The number of aromatic nitrogens is 3. The highest BCUT2D eigenvalue weighted by Gasteiger charge is 2.28. The molecule has 5 rings (SSSR count). The Balaban J connectivity index is 1.51. The first-order chi connectivity index (χ1) is 18.2. The number of nitrogens with zero attached hydrogens (tertiary/aromatic N) is 4. The molecule has 3 N–H and O–H groups in total. The molecule has 0 atom stereocenters. The van der Waals surface area contributed by atoms with Crippen LogP contribution in [-0.2, 0) is 19.3 Å². The van der Waals surface area contributed by atoms with Crippen LogP contribution < -0.4 is 11.1 Å². The number of halogens is 2. The molecule has 2 aromatic carbocycles. The molecular formula is C28H26ClFN6O2. The fourth-order valence-corrected chi connectivity index (χ4v) is 4.80. The minimum Gasteiger partial charge on any atom is -0.364 e. The van der Waals surface area contributed by atoms with Crippen molar-refractivity contribution in [1.29, 1.82) is 0 Å². The van der Waals surface area contributed by atoms with E-state index in [2.05, 4.69) is 15.4 Å². The molecule has 4 aromatic rings. The molecule has 0 fully saturated rings. The zero-order valence-corrected chi connectivity index (χ0v) is 21.7. The Morgan fingerprint density at radius 3 is 2.61 bits per heavy atom. The number of aryl methyl sites for hydroxylation is 1. The van der Waals surface area contributed by atoms with Crippen molar-refractivity contribution >= 4 is 29.1 Å². The fourth-order valence-electron chi connectivity index (χ4n) is 4.61. The van der Waals surface area contributed by atoms with Gasteiger partial charge in [-0.25, -0.2) is 9.07 Å². The number of pyridine rings is 1. The summed E-state index contributed by atoms with van der Waals surface area (Å²) in [5.41, 5.74) is 11.3. The lowest BCUT2D eigenvalue weighted by molar-refractivity contribution is 0.0992. The van der Waals surface area contributed by atoms with Gasteiger partial charge in [-0.05, 0) is 75.0 Å². The quantitative estimate of drug-likeness (QED) is 0.369. The second-order valence-corrected chi connectivity index (χ2v) is 9.87. The molecule has 0 spiro atoms. The van der Waals surface area contributed by atoms with Crippen molar-refractivity contribution < 1.29 is 14.0 Å². The Morgan fingerprint density at radius 1 is 1.13 bits per heavy atom. The number of amides is 2. The first-order valence-corrected chi connectivity index (χ1v) is 12.5. The topological polar surface area (TPSA) is 106 Å². The van der Waals surface area contributed by atoms with Crippen molar-refractivity contribution in [2.45, 2.75) is 19.3 Å². The Kier molecular flexibility index (Phi) is 6.96. The molecule has 194 valence electrons. The molecule has 2 aromatic heterocycles. The number of primary amides is 1. The molecule has 0 aliphatic heterocycles. The van der Waals surface area contributed by atoms with E-state index in [9.17, 15) is 14.0 Å². The zero-order chi connectivity index (χ0) is 27.0. The fraction of sp³-hybridized carbons (Fsp3) is 0.214. The molecular weight excluding hydrogens is 507 g/mol. The monoisotopic (exact) mass is 532 g/mol. The molecule has 0 saturated heterocycles. The van der Waals surface area contributed by atoms with Gasteiger partial charge in [0.1, 0.15) is 5.82 Å². The van der Waals surface area contributed by atoms with E-state index in [1.165, 1.54) is 18.3 Å². The van der Waals surface area contributed by atoms with Gasteiger partial charge in [0.25, 0.3) is 11.8 Å². The second-order valence-electron chi connectivity index (χ2n) is 9.46. The van der Waals surface area contributed by atoms with E-state index in [1.54, 1.807) is 22.9 Å². The van der Waals surface area contributed by atoms with Crippen LogP contribution in [0.5, 0.6) is 0 Å². The molecule has 10 heteroatoms. The summed E-state index contributed by atoms with van der Waals surface area (Å²) < 4.78 is 15.2. The maximum absolute atomic E-state index is 13.6. The number of benzene rings is 2. The van der Waals surface area contributed by atoms with Gasteiger partial charge in [0.2, 0.25) is 0 Å². The largest absolute Gasteiger partial charge is 0.364 e. The van der Waals surface area contributed by atoms with Gasteiger partial charge in [0.05, 0.1) is 22.0 Å². The van der Waals surface area contributed by atoms with Gasteiger partial charge >= 0.3 is 0 Å². The van der Waals surface area contributed by atoms with E-state index in [4.69, 9.17) is 17.3 Å². The highest BCUT2D eigenvalue weighted by Crippen LogP contribution is 2.38. The predicted molar refractivity (Wildman–Crippen MR) is 144 cm³/mol. The third kappa shape index (κ3) is 5.03. The number of hydrogen-bond acceptors (Lipinski definition) is 5. The summed E-state index contributed by atoms with van der Waals surface area (Å²) in [4.78, 5) is 31.8. The van der Waals surface area contributed by atoms with Crippen LogP contribution >= 0.6 is 11.6 Å². The second kappa shape index (κ2) is 10.4. The number of hydrogen-bond donors (Lipinski definition) is 2. The minimum absolute atomic E-state index is 0.179. The standard InChI is InChI=1S/C28H26ClFN6O2/c1-35(2)12-11-18-13-23(24(29)15-32-18)28(38)33-19-7-3-16-4-10-21-25(27(31)37)34-36(26(21)22(16)14-19)20-8-5-17(30)6-9-20/h3,5-9,13-15H,4,10-12H2,1-2H3,(H2,31,37)(H,33,38). The summed E-state index contributed by atoms with van der Waals surface area (Å²) in [6, 6.07) is 13.2. The van der Waals surface area contributed by atoms with Gasteiger partial charge in [-0.2, -0.15) is 5.10 Å². The summed E-state index contributed by atoms with van der Waals surface area (Å²) in [5.74, 6) is -1.37. The molecule has 2 heterocycles. The van der Waals surface area contributed by atoms with Crippen molar-refractivity contribution in [2.24, 2.45) is 5.73 Å². The molecule has 1 aliphatic carbocycles. The van der Waals surface area contributed by atoms with Crippen LogP contribution in [0.25, 0.3) is 16.9 Å². The number of nitrogens with two attached hydrogens (primary N) is 1. The molecule has 0 unspecified atom stereocenters. The summed E-state index contributed by atoms with van der Waals surface area (Å²) in [6.45, 7) is 0.790. The van der Waals surface area contributed by atoms with Crippen molar-refractivity contribution in [3.8, 4) is 16.9 Å². The average molecular weight is 533 g/mol. The first kappa shape index (κ1) is 25.6. The zero-order valence-electron chi connectivity index (χ0n) is 21.0. The summed E-state index contributed by atoms with van der Waals surface area (Å²) in [5, 5.41) is 7.68. The van der Waals surface area contributed by atoms with E-state index in [-0.39, 0.29) is 22.4 Å². The highest BCUT2D eigenvalue weighted by molar-refractivity contribution is 6.34.